The molecule has 1 atom stereocenters. The predicted octanol–water partition coefficient (Wildman–Crippen LogP) is 5.36. The van der Waals surface area contributed by atoms with Gasteiger partial charge in [-0.1, -0.05) is 37.3 Å². The second-order valence-electron chi connectivity index (χ2n) is 10.9. The van der Waals surface area contributed by atoms with Gasteiger partial charge in [0.25, 0.3) is 5.91 Å². The monoisotopic (exact) mass is 518 g/mol. The van der Waals surface area contributed by atoms with Gasteiger partial charge in [0.1, 0.15) is 5.82 Å². The van der Waals surface area contributed by atoms with E-state index in [0.29, 0.717) is 30.5 Å². The fraction of sp³-hybridized carbons (Fsp3) is 0.400. The van der Waals surface area contributed by atoms with Crippen LogP contribution in [0.1, 0.15) is 67.7 Å². The summed E-state index contributed by atoms with van der Waals surface area (Å²) in [5, 5.41) is 2.53. The van der Waals surface area contributed by atoms with Gasteiger partial charge in [-0.15, -0.1) is 0 Å². The normalized spacial score (nSPS) is 17.2. The van der Waals surface area contributed by atoms with Gasteiger partial charge in [-0.2, -0.15) is 0 Å². The molecule has 8 heteroatoms. The first-order valence-corrected chi connectivity index (χ1v) is 13.0. The number of amides is 2. The van der Waals surface area contributed by atoms with E-state index in [-0.39, 0.29) is 23.9 Å². The zero-order chi connectivity index (χ0) is 27.7. The average Bonchev–Trinajstić information content (AvgIpc) is 3.21. The lowest BCUT2D eigenvalue weighted by molar-refractivity contribution is -0.140. The number of fused-ring (bicyclic) bond motifs is 1. The number of hydrogen-bond donors (Lipinski definition) is 2. The molecule has 200 valence electrons. The molecule has 2 N–H and O–H groups in total. The summed E-state index contributed by atoms with van der Waals surface area (Å²) < 4.78 is 14.1. The van der Waals surface area contributed by atoms with Crippen LogP contribution in [0.25, 0.3) is 11.3 Å². The molecule has 1 unspecified atom stereocenters. The number of rotatable bonds is 8. The Hall–Kier alpha value is -3.81. The molecule has 3 aromatic rings. The van der Waals surface area contributed by atoms with Crippen LogP contribution >= 0.6 is 0 Å². The lowest BCUT2D eigenvalue weighted by Crippen LogP contribution is -2.45. The molecule has 2 heterocycles. The third-order valence-electron chi connectivity index (χ3n) is 7.05. The van der Waals surface area contributed by atoms with Crippen LogP contribution in [0.2, 0.25) is 0 Å². The third kappa shape index (κ3) is 5.54. The maximum absolute atomic E-state index is 14.1. The van der Waals surface area contributed by atoms with Crippen molar-refractivity contribution in [1.29, 1.82) is 0 Å². The Morgan fingerprint density at radius 2 is 1.89 bits per heavy atom. The van der Waals surface area contributed by atoms with Crippen molar-refractivity contribution in [3.63, 3.8) is 0 Å². The zero-order valence-corrected chi connectivity index (χ0v) is 22.7. The largest absolute Gasteiger partial charge is 0.358 e. The number of halogens is 1. The van der Waals surface area contributed by atoms with Crippen molar-refractivity contribution in [2.24, 2.45) is 5.41 Å². The summed E-state index contributed by atoms with van der Waals surface area (Å²) in [7, 11) is 1.78. The number of benzene rings is 1. The molecular weight excluding hydrogens is 483 g/mol. The highest BCUT2D eigenvalue weighted by molar-refractivity contribution is 6.05. The Labute approximate surface area is 222 Å². The fourth-order valence-corrected chi connectivity index (χ4v) is 5.15. The van der Waals surface area contributed by atoms with Crippen molar-refractivity contribution in [2.75, 3.05) is 18.9 Å². The molecule has 1 aliphatic carbocycles. The summed E-state index contributed by atoms with van der Waals surface area (Å²) in [6, 6.07) is 13.3. The van der Waals surface area contributed by atoms with E-state index in [1.165, 1.54) is 20.0 Å². The van der Waals surface area contributed by atoms with Crippen molar-refractivity contribution in [1.82, 2.24) is 14.9 Å². The van der Waals surface area contributed by atoms with Gasteiger partial charge in [0.05, 0.1) is 11.1 Å². The van der Waals surface area contributed by atoms with Crippen LogP contribution in [0, 0.1) is 5.41 Å². The van der Waals surface area contributed by atoms with Crippen LogP contribution < -0.4 is 5.32 Å². The summed E-state index contributed by atoms with van der Waals surface area (Å²) in [5.41, 5.74) is 1.76. The summed E-state index contributed by atoms with van der Waals surface area (Å²) in [4.78, 5) is 48.5. The first-order chi connectivity index (χ1) is 17.9. The number of hydrogen-bond acceptors (Lipinski definition) is 4. The van der Waals surface area contributed by atoms with Crippen LogP contribution in [0.4, 0.5) is 10.2 Å². The first-order valence-electron chi connectivity index (χ1n) is 13.0. The van der Waals surface area contributed by atoms with Crippen molar-refractivity contribution < 1.29 is 18.8 Å². The zero-order valence-electron chi connectivity index (χ0n) is 22.7. The predicted molar refractivity (Wildman–Crippen MR) is 146 cm³/mol. The van der Waals surface area contributed by atoms with Crippen LogP contribution in [0.15, 0.2) is 48.7 Å². The second-order valence-corrected chi connectivity index (χ2v) is 10.9. The number of alkyl halides is 1. The highest BCUT2D eigenvalue weighted by atomic mass is 19.1. The molecule has 2 aromatic heterocycles. The summed E-state index contributed by atoms with van der Waals surface area (Å²) in [6.45, 7) is 6.88. The topological polar surface area (TPSA) is 95.2 Å². The molecule has 4 rings (SSSR count). The van der Waals surface area contributed by atoms with Gasteiger partial charge in [0.2, 0.25) is 5.91 Å². The van der Waals surface area contributed by atoms with E-state index < -0.39 is 17.0 Å². The van der Waals surface area contributed by atoms with Gasteiger partial charge < -0.3 is 15.2 Å². The van der Waals surface area contributed by atoms with Crippen molar-refractivity contribution in [3.05, 3.63) is 71.0 Å². The molecule has 2 amide bonds. The molecule has 0 saturated carbocycles. The molecule has 1 aromatic carbocycles. The highest BCUT2D eigenvalue weighted by Crippen LogP contribution is 2.41. The average molecular weight is 519 g/mol. The van der Waals surface area contributed by atoms with E-state index in [2.05, 4.69) is 15.3 Å². The quantitative estimate of drug-likeness (QED) is 0.420. The smallest absolute Gasteiger partial charge is 0.262 e. The minimum absolute atomic E-state index is 0.0399. The molecule has 1 aliphatic rings. The minimum atomic E-state index is -2.06. The fourth-order valence-electron chi connectivity index (χ4n) is 5.15. The van der Waals surface area contributed by atoms with Gasteiger partial charge in [0.15, 0.2) is 11.5 Å². The molecule has 0 fully saturated rings. The van der Waals surface area contributed by atoms with E-state index in [0.717, 1.165) is 28.9 Å². The molecule has 0 bridgehead atoms. The number of anilines is 1. The molecule has 0 saturated heterocycles. The molecule has 0 radical (unpaired) electrons. The van der Waals surface area contributed by atoms with Gasteiger partial charge >= 0.3 is 0 Å². The van der Waals surface area contributed by atoms with E-state index in [1.54, 1.807) is 24.1 Å². The summed E-state index contributed by atoms with van der Waals surface area (Å²) in [6.07, 6.45) is 3.43. The Morgan fingerprint density at radius 1 is 1.18 bits per heavy atom. The third-order valence-corrected chi connectivity index (χ3v) is 7.05. The Morgan fingerprint density at radius 3 is 2.55 bits per heavy atom. The lowest BCUT2D eigenvalue weighted by atomic mass is 9.72. The number of Topliss-reactive ketones (excluding diaryl/α,β-unsaturated/α-hetero) is 1. The maximum atomic E-state index is 14.1. The summed E-state index contributed by atoms with van der Waals surface area (Å²) in [5.74, 6) is -0.689. The van der Waals surface area contributed by atoms with Gasteiger partial charge in [-0.3, -0.25) is 14.4 Å². The maximum Gasteiger partial charge on any atom is 0.262 e. The van der Waals surface area contributed by atoms with Crippen molar-refractivity contribution >= 4 is 23.4 Å². The number of aromatic nitrogens is 2. The number of nitrogens with one attached hydrogen (secondary N) is 2. The molecule has 7 nitrogen and oxygen atoms in total. The number of H-pyrrole nitrogens is 1. The SMILES string of the molecule is CCCN(C)C(=O)C1(C)CC(=O)c2c([nH]c(-c3ccnc(NC(=O)C(C)(C)F)c3)c2Cc2ccccc2)C1. The number of carbonyl (C=O) groups excluding carboxylic acids is 3. The van der Waals surface area contributed by atoms with Gasteiger partial charge in [0, 0.05) is 55.9 Å². The van der Waals surface area contributed by atoms with E-state index in [9.17, 15) is 18.8 Å². The van der Waals surface area contributed by atoms with E-state index in [1.807, 2.05) is 44.2 Å². The highest BCUT2D eigenvalue weighted by Gasteiger charge is 2.44. The lowest BCUT2D eigenvalue weighted by Gasteiger charge is -2.35. The number of carbonyl (C=O) groups is 3. The van der Waals surface area contributed by atoms with Crippen LogP contribution in [-0.2, 0) is 22.4 Å². The van der Waals surface area contributed by atoms with Gasteiger partial charge in [-0.25, -0.2) is 9.37 Å². The summed E-state index contributed by atoms with van der Waals surface area (Å²) >= 11 is 0. The first kappa shape index (κ1) is 27.2. The Bertz CT molecular complexity index is 1360. The number of nitrogens with zero attached hydrogens (tertiary/aromatic N) is 2. The molecule has 0 spiro atoms. The Balaban J connectivity index is 1.79. The van der Waals surface area contributed by atoms with Crippen LogP contribution in [0.5, 0.6) is 0 Å². The minimum Gasteiger partial charge on any atom is -0.358 e. The molecule has 38 heavy (non-hydrogen) atoms. The Kier molecular flexibility index (Phi) is 7.54. The van der Waals surface area contributed by atoms with Gasteiger partial charge in [-0.05, 0) is 50.5 Å². The van der Waals surface area contributed by atoms with Crippen molar-refractivity contribution in [3.8, 4) is 11.3 Å². The number of ketones is 1. The number of pyridine rings is 1. The standard InChI is InChI=1S/C30H35FN4O3/c1-6-14-35(5)28(38)30(4)17-22-25(23(36)18-30)21(15-19-10-8-7-9-11-19)26(33-22)20-12-13-32-24(16-20)34-27(37)29(2,3)31/h7-13,16,33H,6,14-15,17-18H2,1-5H3,(H,32,34,37). The van der Waals surface area contributed by atoms with Crippen molar-refractivity contribution in [2.45, 2.75) is 59.0 Å². The number of aromatic amines is 1. The van der Waals surface area contributed by atoms with E-state index >= 15 is 0 Å². The van der Waals surface area contributed by atoms with Crippen LogP contribution in [-0.4, -0.2) is 51.7 Å². The molecular formula is C30H35FN4O3. The second kappa shape index (κ2) is 10.5. The molecule has 0 aliphatic heterocycles. The van der Waals surface area contributed by atoms with Crippen LogP contribution in [0.3, 0.4) is 0 Å². The van der Waals surface area contributed by atoms with E-state index in [4.69, 9.17) is 0 Å².